The second-order valence-corrected chi connectivity index (χ2v) is 7.20. The van der Waals surface area contributed by atoms with E-state index in [1.807, 2.05) is 24.3 Å². The summed E-state index contributed by atoms with van der Waals surface area (Å²) in [5.41, 5.74) is 0.769. The number of hydrogen-bond donors (Lipinski definition) is 0. The molecular formula is C23H39NO2. The topological polar surface area (TPSA) is 29.5 Å². The molecule has 0 heterocycles. The molecule has 0 N–H and O–H groups in total. The molecule has 0 aliphatic rings. The van der Waals surface area contributed by atoms with Crippen LogP contribution in [0.1, 0.15) is 94.8 Å². The van der Waals surface area contributed by atoms with Crippen LogP contribution in [0.25, 0.3) is 0 Å². The maximum absolute atomic E-state index is 12.9. The van der Waals surface area contributed by atoms with Gasteiger partial charge in [0.25, 0.3) is 5.91 Å². The number of ether oxygens (including phenoxy) is 1. The van der Waals surface area contributed by atoms with Crippen molar-refractivity contribution in [2.45, 2.75) is 84.5 Å². The standard InChI is InChI=1S/C23H39NO2/c1-4-6-8-10-12-14-20-24(19-13-11-9-7-5-2)23(25)21-15-17-22(26-3)18-16-21/h15-18H,4-14,19-20H2,1-3H3. The first-order valence-electron chi connectivity index (χ1n) is 10.7. The van der Waals surface area contributed by atoms with Gasteiger partial charge in [-0.25, -0.2) is 0 Å². The first-order chi connectivity index (χ1) is 12.7. The molecule has 3 nitrogen and oxygen atoms in total. The largest absolute Gasteiger partial charge is 0.497 e. The van der Waals surface area contributed by atoms with Crippen LogP contribution in [0.3, 0.4) is 0 Å². The van der Waals surface area contributed by atoms with Crippen LogP contribution in [0.15, 0.2) is 24.3 Å². The molecule has 1 amide bonds. The summed E-state index contributed by atoms with van der Waals surface area (Å²) in [6.07, 6.45) is 13.7. The molecule has 3 heteroatoms. The zero-order valence-corrected chi connectivity index (χ0v) is 17.3. The monoisotopic (exact) mass is 361 g/mol. The fourth-order valence-electron chi connectivity index (χ4n) is 3.22. The van der Waals surface area contributed by atoms with Gasteiger partial charge >= 0.3 is 0 Å². The Labute approximate surface area is 161 Å². The molecule has 0 spiro atoms. The summed E-state index contributed by atoms with van der Waals surface area (Å²) in [5, 5.41) is 0. The van der Waals surface area contributed by atoms with E-state index in [1.54, 1.807) is 7.11 Å². The highest BCUT2D eigenvalue weighted by atomic mass is 16.5. The second kappa shape index (κ2) is 14.6. The summed E-state index contributed by atoms with van der Waals surface area (Å²) < 4.78 is 5.20. The van der Waals surface area contributed by atoms with Crippen LogP contribution in [0.2, 0.25) is 0 Å². The number of benzene rings is 1. The third-order valence-electron chi connectivity index (χ3n) is 4.94. The second-order valence-electron chi connectivity index (χ2n) is 7.20. The summed E-state index contributed by atoms with van der Waals surface area (Å²) in [5.74, 6) is 0.959. The van der Waals surface area contributed by atoms with Crippen molar-refractivity contribution in [2.24, 2.45) is 0 Å². The summed E-state index contributed by atoms with van der Waals surface area (Å²) in [4.78, 5) is 15.0. The Balaban J connectivity index is 2.52. The van der Waals surface area contributed by atoms with Crippen LogP contribution in [0, 0.1) is 0 Å². The summed E-state index contributed by atoms with van der Waals surface area (Å²) in [7, 11) is 1.65. The van der Waals surface area contributed by atoms with Crippen molar-refractivity contribution in [3.63, 3.8) is 0 Å². The Morgan fingerprint density at radius 2 is 1.23 bits per heavy atom. The molecule has 0 radical (unpaired) electrons. The Morgan fingerprint density at radius 3 is 1.69 bits per heavy atom. The fourth-order valence-corrected chi connectivity index (χ4v) is 3.22. The van der Waals surface area contributed by atoms with E-state index in [0.717, 1.165) is 37.2 Å². The third kappa shape index (κ3) is 9.26. The number of rotatable bonds is 15. The van der Waals surface area contributed by atoms with Crippen molar-refractivity contribution in [2.75, 3.05) is 20.2 Å². The minimum atomic E-state index is 0.164. The molecule has 26 heavy (non-hydrogen) atoms. The Hall–Kier alpha value is -1.51. The highest BCUT2D eigenvalue weighted by Gasteiger charge is 2.15. The van der Waals surface area contributed by atoms with E-state index in [9.17, 15) is 4.79 Å². The molecule has 0 aromatic heterocycles. The van der Waals surface area contributed by atoms with Crippen LogP contribution in [0.5, 0.6) is 5.75 Å². The molecule has 0 bridgehead atoms. The Morgan fingerprint density at radius 1 is 0.769 bits per heavy atom. The summed E-state index contributed by atoms with van der Waals surface area (Å²) >= 11 is 0. The molecular weight excluding hydrogens is 322 g/mol. The zero-order chi connectivity index (χ0) is 19.0. The number of unbranched alkanes of at least 4 members (excludes halogenated alkanes) is 9. The lowest BCUT2D eigenvalue weighted by atomic mass is 10.1. The molecule has 0 saturated heterocycles. The van der Waals surface area contributed by atoms with Crippen LogP contribution < -0.4 is 4.74 Å². The van der Waals surface area contributed by atoms with Crippen molar-refractivity contribution in [1.29, 1.82) is 0 Å². The summed E-state index contributed by atoms with van der Waals surface area (Å²) in [6, 6.07) is 7.51. The van der Waals surface area contributed by atoms with E-state index in [-0.39, 0.29) is 5.91 Å². The molecule has 0 unspecified atom stereocenters. The van der Waals surface area contributed by atoms with Crippen molar-refractivity contribution in [1.82, 2.24) is 4.90 Å². The van der Waals surface area contributed by atoms with Crippen molar-refractivity contribution in [3.8, 4) is 5.75 Å². The highest BCUT2D eigenvalue weighted by Crippen LogP contribution is 2.15. The molecule has 0 aliphatic heterocycles. The van der Waals surface area contributed by atoms with Gasteiger partial charge in [-0.1, -0.05) is 71.6 Å². The van der Waals surface area contributed by atoms with Gasteiger partial charge in [0, 0.05) is 18.7 Å². The van der Waals surface area contributed by atoms with E-state index in [4.69, 9.17) is 4.74 Å². The van der Waals surface area contributed by atoms with Crippen molar-refractivity contribution in [3.05, 3.63) is 29.8 Å². The smallest absolute Gasteiger partial charge is 0.253 e. The van der Waals surface area contributed by atoms with Crippen molar-refractivity contribution < 1.29 is 9.53 Å². The van der Waals surface area contributed by atoms with E-state index >= 15 is 0 Å². The molecule has 1 aromatic rings. The fraction of sp³-hybridized carbons (Fsp3) is 0.696. The van der Waals surface area contributed by atoms with Crippen LogP contribution in [-0.2, 0) is 0 Å². The first-order valence-corrected chi connectivity index (χ1v) is 10.7. The minimum absolute atomic E-state index is 0.164. The minimum Gasteiger partial charge on any atom is -0.497 e. The van der Waals surface area contributed by atoms with E-state index < -0.39 is 0 Å². The van der Waals surface area contributed by atoms with Gasteiger partial charge in [0.2, 0.25) is 0 Å². The predicted molar refractivity (Wildman–Crippen MR) is 111 cm³/mol. The lowest BCUT2D eigenvalue weighted by molar-refractivity contribution is 0.0749. The molecule has 0 atom stereocenters. The summed E-state index contributed by atoms with van der Waals surface area (Å²) in [6.45, 7) is 6.24. The lowest BCUT2D eigenvalue weighted by Crippen LogP contribution is -2.33. The van der Waals surface area contributed by atoms with Crippen LogP contribution in [-0.4, -0.2) is 31.0 Å². The zero-order valence-electron chi connectivity index (χ0n) is 17.3. The van der Waals surface area contributed by atoms with Crippen LogP contribution >= 0.6 is 0 Å². The number of carbonyl (C=O) groups excluding carboxylic acids is 1. The Kier molecular flexibility index (Phi) is 12.7. The molecule has 0 fully saturated rings. The van der Waals surface area contributed by atoms with Crippen molar-refractivity contribution >= 4 is 5.91 Å². The van der Waals surface area contributed by atoms with Crippen LogP contribution in [0.4, 0.5) is 0 Å². The molecule has 0 saturated carbocycles. The Bertz CT molecular complexity index is 470. The number of hydrogen-bond acceptors (Lipinski definition) is 2. The normalized spacial score (nSPS) is 10.7. The third-order valence-corrected chi connectivity index (χ3v) is 4.94. The first kappa shape index (κ1) is 22.5. The molecule has 1 aromatic carbocycles. The average molecular weight is 362 g/mol. The molecule has 148 valence electrons. The predicted octanol–water partition coefficient (Wildman–Crippen LogP) is 6.47. The van der Waals surface area contributed by atoms with Gasteiger partial charge in [0.05, 0.1) is 7.11 Å². The average Bonchev–Trinajstić information content (AvgIpc) is 2.68. The number of amides is 1. The highest BCUT2D eigenvalue weighted by molar-refractivity contribution is 5.94. The molecule has 1 rings (SSSR count). The van der Waals surface area contributed by atoms with Gasteiger partial charge in [0.15, 0.2) is 0 Å². The maximum atomic E-state index is 12.9. The SMILES string of the molecule is CCCCCCCCN(CCCCCCC)C(=O)c1ccc(OC)cc1. The molecule has 0 aliphatic carbocycles. The van der Waals surface area contributed by atoms with Gasteiger partial charge in [-0.2, -0.15) is 0 Å². The number of methoxy groups -OCH3 is 1. The quantitative estimate of drug-likeness (QED) is 0.335. The van der Waals surface area contributed by atoms with Gasteiger partial charge in [-0.3, -0.25) is 4.79 Å². The van der Waals surface area contributed by atoms with E-state index in [2.05, 4.69) is 18.7 Å². The van der Waals surface area contributed by atoms with E-state index in [0.29, 0.717) is 0 Å². The van der Waals surface area contributed by atoms with Gasteiger partial charge in [-0.15, -0.1) is 0 Å². The van der Waals surface area contributed by atoms with Gasteiger partial charge < -0.3 is 9.64 Å². The van der Waals surface area contributed by atoms with Gasteiger partial charge in [-0.05, 0) is 37.1 Å². The number of carbonyl (C=O) groups is 1. The van der Waals surface area contributed by atoms with Gasteiger partial charge in [0.1, 0.15) is 5.75 Å². The lowest BCUT2D eigenvalue weighted by Gasteiger charge is -2.23. The maximum Gasteiger partial charge on any atom is 0.253 e. The van der Waals surface area contributed by atoms with E-state index in [1.165, 1.54) is 57.8 Å². The number of nitrogens with zero attached hydrogens (tertiary/aromatic N) is 1.